The fraction of sp³-hybridized carbons (Fsp3) is 0.243. The van der Waals surface area contributed by atoms with E-state index in [1.807, 2.05) is 42.7 Å². The molecule has 0 unspecified atom stereocenters. The van der Waals surface area contributed by atoms with Crippen molar-refractivity contribution in [2.24, 2.45) is 0 Å². The van der Waals surface area contributed by atoms with Gasteiger partial charge in [-0.25, -0.2) is 0 Å². The van der Waals surface area contributed by atoms with Crippen LogP contribution < -0.4 is 5.19 Å². The summed E-state index contributed by atoms with van der Waals surface area (Å²) < 4.78 is 6.27. The third kappa shape index (κ3) is 6.49. The van der Waals surface area contributed by atoms with Gasteiger partial charge in [0.1, 0.15) is 5.58 Å². The first-order valence-corrected chi connectivity index (χ1v) is 18.0. The normalized spacial score (nSPS) is 13.1. The molecular weight excluding hydrogens is 709 g/mol. The molecule has 3 nitrogen and oxygen atoms in total. The molecule has 0 bridgehead atoms. The van der Waals surface area contributed by atoms with E-state index in [9.17, 15) is 0 Å². The van der Waals surface area contributed by atoms with Crippen molar-refractivity contribution in [1.29, 1.82) is 0 Å². The summed E-state index contributed by atoms with van der Waals surface area (Å²) in [5.41, 5.74) is 8.47. The molecular formula is C37H36IrN2OSi-2. The molecule has 3 aromatic carbocycles. The zero-order valence-electron chi connectivity index (χ0n) is 24.9. The van der Waals surface area contributed by atoms with E-state index in [0.29, 0.717) is 11.8 Å². The van der Waals surface area contributed by atoms with Gasteiger partial charge in [-0.1, -0.05) is 85.5 Å². The van der Waals surface area contributed by atoms with Crippen molar-refractivity contribution in [1.82, 2.24) is 9.97 Å². The van der Waals surface area contributed by atoms with Crippen LogP contribution in [0.3, 0.4) is 0 Å². The first kappa shape index (κ1) is 30.1. The van der Waals surface area contributed by atoms with Gasteiger partial charge in [0.2, 0.25) is 0 Å². The number of furan rings is 1. The molecule has 6 aromatic rings. The quantitative estimate of drug-likeness (QED) is 0.130. The van der Waals surface area contributed by atoms with Gasteiger partial charge in [-0.2, -0.15) is 0 Å². The van der Waals surface area contributed by atoms with Gasteiger partial charge < -0.3 is 14.4 Å². The molecule has 1 aliphatic carbocycles. The summed E-state index contributed by atoms with van der Waals surface area (Å²) in [6.45, 7) is 11.5. The minimum Gasteiger partial charge on any atom is -0.501 e. The average molecular weight is 745 g/mol. The maximum atomic E-state index is 6.27. The fourth-order valence-electron chi connectivity index (χ4n) is 5.11. The molecule has 0 N–H and O–H groups in total. The first-order valence-electron chi connectivity index (χ1n) is 14.5. The Labute approximate surface area is 263 Å². The van der Waals surface area contributed by atoms with Crippen LogP contribution in [0.1, 0.15) is 49.7 Å². The summed E-state index contributed by atoms with van der Waals surface area (Å²) in [5.74, 6) is 1.25. The maximum Gasteiger partial charge on any atom is 0.120 e. The molecule has 3 heterocycles. The van der Waals surface area contributed by atoms with Gasteiger partial charge in [-0.3, -0.25) is 0 Å². The Balaban J connectivity index is 0.000000189. The zero-order valence-corrected chi connectivity index (χ0v) is 28.3. The van der Waals surface area contributed by atoms with E-state index < -0.39 is 8.07 Å². The number of benzene rings is 3. The molecule has 0 atom stereocenters. The Morgan fingerprint density at radius 2 is 1.67 bits per heavy atom. The van der Waals surface area contributed by atoms with Gasteiger partial charge in [0.25, 0.3) is 0 Å². The van der Waals surface area contributed by atoms with Crippen LogP contribution in [0.15, 0.2) is 95.7 Å². The Morgan fingerprint density at radius 1 is 0.833 bits per heavy atom. The number of fused-ring (bicyclic) bond motifs is 3. The number of hydrogen-bond acceptors (Lipinski definition) is 3. The van der Waals surface area contributed by atoms with Crippen LogP contribution in [0.25, 0.3) is 44.5 Å². The van der Waals surface area contributed by atoms with E-state index in [4.69, 9.17) is 4.42 Å². The SMILES string of the molecule is CC(C)c1ccc(-c2[c-]cccc2)nc1.C[Si](C)(C)c1ccc2oc3c(-c4cc(C5CC5)ccn4)[c-]ccc3c2c1.[Ir]. The van der Waals surface area contributed by atoms with Crippen LogP contribution in [0.5, 0.6) is 0 Å². The van der Waals surface area contributed by atoms with Crippen molar-refractivity contribution in [2.45, 2.75) is 58.2 Å². The Bertz CT molecular complexity index is 1800. The maximum absolute atomic E-state index is 6.27. The van der Waals surface area contributed by atoms with Crippen molar-refractivity contribution in [3.8, 4) is 22.5 Å². The van der Waals surface area contributed by atoms with E-state index in [2.05, 4.69) is 104 Å². The van der Waals surface area contributed by atoms with Crippen molar-refractivity contribution < 1.29 is 24.5 Å². The number of pyridine rings is 2. The molecule has 0 spiro atoms. The molecule has 5 heteroatoms. The van der Waals surface area contributed by atoms with Crippen molar-refractivity contribution in [3.05, 3.63) is 115 Å². The molecule has 1 fully saturated rings. The molecule has 3 aromatic heterocycles. The second-order valence-corrected chi connectivity index (χ2v) is 17.4. The molecule has 1 aliphatic rings. The second-order valence-electron chi connectivity index (χ2n) is 12.3. The Morgan fingerprint density at radius 3 is 2.33 bits per heavy atom. The number of nitrogens with zero attached hydrogens (tertiary/aromatic N) is 2. The minimum absolute atomic E-state index is 0. The van der Waals surface area contributed by atoms with Crippen LogP contribution in [-0.4, -0.2) is 18.0 Å². The zero-order chi connectivity index (χ0) is 28.6. The molecule has 1 radical (unpaired) electrons. The van der Waals surface area contributed by atoms with Crippen LogP contribution in [0, 0.1) is 12.1 Å². The van der Waals surface area contributed by atoms with Crippen LogP contribution >= 0.6 is 0 Å². The first-order chi connectivity index (χ1) is 19.8. The molecule has 1 saturated carbocycles. The summed E-state index contributed by atoms with van der Waals surface area (Å²) in [5, 5.41) is 3.82. The monoisotopic (exact) mass is 745 g/mol. The summed E-state index contributed by atoms with van der Waals surface area (Å²) >= 11 is 0. The van der Waals surface area contributed by atoms with Crippen molar-refractivity contribution >= 4 is 35.2 Å². The van der Waals surface area contributed by atoms with Gasteiger partial charge in [-0.05, 0) is 53.8 Å². The molecule has 7 rings (SSSR count). The minimum atomic E-state index is -1.36. The van der Waals surface area contributed by atoms with Gasteiger partial charge >= 0.3 is 0 Å². The van der Waals surface area contributed by atoms with Crippen molar-refractivity contribution in [2.75, 3.05) is 0 Å². The molecule has 42 heavy (non-hydrogen) atoms. The van der Waals surface area contributed by atoms with E-state index in [1.54, 1.807) is 0 Å². The molecule has 0 amide bonds. The molecule has 215 valence electrons. The van der Waals surface area contributed by atoms with E-state index in [0.717, 1.165) is 39.1 Å². The third-order valence-corrected chi connectivity index (χ3v) is 9.87. The van der Waals surface area contributed by atoms with Gasteiger partial charge in [0.05, 0.1) is 13.7 Å². The molecule has 0 saturated heterocycles. The van der Waals surface area contributed by atoms with Crippen LogP contribution in [0.2, 0.25) is 19.6 Å². The summed E-state index contributed by atoms with van der Waals surface area (Å²) in [6.07, 6.45) is 6.45. The number of aromatic nitrogens is 2. The van der Waals surface area contributed by atoms with Gasteiger partial charge in [-0.15, -0.1) is 54.1 Å². The predicted molar refractivity (Wildman–Crippen MR) is 173 cm³/mol. The third-order valence-electron chi connectivity index (χ3n) is 7.82. The van der Waals surface area contributed by atoms with Gasteiger partial charge in [0, 0.05) is 37.9 Å². The number of hydrogen-bond donors (Lipinski definition) is 0. The Hall–Kier alpha value is -3.37. The van der Waals surface area contributed by atoms with E-state index in [-0.39, 0.29) is 20.1 Å². The standard InChI is InChI=1S/C23H22NOSi.C14H14N.Ir/c1-26(2,3)17-9-10-22-20(14-17)18-5-4-6-19(23(18)25-22)21-13-16(11-12-24-21)15-7-8-15;1-11(2)13-8-9-14(15-10-13)12-6-4-3-5-7-12;/h4-5,9-15H,7-8H2,1-3H3;3-6,8-11H,1-2H3;/q2*-1;. The summed E-state index contributed by atoms with van der Waals surface area (Å²) in [7, 11) is -1.36. The predicted octanol–water partition coefficient (Wildman–Crippen LogP) is 9.54. The second kappa shape index (κ2) is 12.5. The average Bonchev–Trinajstić information content (AvgIpc) is 3.78. The van der Waals surface area contributed by atoms with Crippen LogP contribution in [0.4, 0.5) is 0 Å². The number of rotatable bonds is 5. The summed E-state index contributed by atoms with van der Waals surface area (Å²) in [6, 6.07) is 33.8. The van der Waals surface area contributed by atoms with E-state index in [1.165, 1.54) is 34.5 Å². The largest absolute Gasteiger partial charge is 0.501 e. The topological polar surface area (TPSA) is 38.9 Å². The van der Waals surface area contributed by atoms with E-state index >= 15 is 0 Å². The summed E-state index contributed by atoms with van der Waals surface area (Å²) in [4.78, 5) is 9.05. The van der Waals surface area contributed by atoms with Crippen molar-refractivity contribution in [3.63, 3.8) is 0 Å². The van der Waals surface area contributed by atoms with Gasteiger partial charge in [0.15, 0.2) is 0 Å². The smallest absolute Gasteiger partial charge is 0.120 e. The van der Waals surface area contributed by atoms with Crippen LogP contribution in [-0.2, 0) is 20.1 Å². The molecule has 0 aliphatic heterocycles. The fourth-order valence-corrected chi connectivity index (χ4v) is 6.27. The Kier molecular flexibility index (Phi) is 8.93.